The molecular weight excluding hydrogens is 725 g/mol. The van der Waals surface area contributed by atoms with Crippen LogP contribution in [0.4, 0.5) is 5.69 Å². The van der Waals surface area contributed by atoms with Crippen molar-refractivity contribution in [1.82, 2.24) is 31.6 Å². The molecule has 20 heteroatoms. The number of nitrogens with one attached hydrogen (secondary N) is 5. The Labute approximate surface area is 316 Å². The van der Waals surface area contributed by atoms with Crippen LogP contribution in [0, 0.1) is 22.0 Å². The van der Waals surface area contributed by atoms with Gasteiger partial charge in [0.1, 0.15) is 24.2 Å². The van der Waals surface area contributed by atoms with Crippen LogP contribution < -0.4 is 43.8 Å². The number of thioether (sulfide) groups is 1. The lowest BCUT2D eigenvalue weighted by atomic mass is 9.98. The maximum absolute atomic E-state index is 13.7. The van der Waals surface area contributed by atoms with Gasteiger partial charge < -0.3 is 43.8 Å². The highest BCUT2D eigenvalue weighted by atomic mass is 32.2. The average molecular weight is 773 g/mol. The monoisotopic (exact) mass is 772 g/mol. The molecule has 5 atom stereocenters. The van der Waals surface area contributed by atoms with Gasteiger partial charge in [-0.3, -0.25) is 43.7 Å². The first kappa shape index (κ1) is 44.5. The second kappa shape index (κ2) is 21.8. The van der Waals surface area contributed by atoms with Gasteiger partial charge in [0, 0.05) is 24.4 Å². The van der Waals surface area contributed by atoms with E-state index in [0.29, 0.717) is 0 Å². The summed E-state index contributed by atoms with van der Waals surface area (Å²) in [7, 11) is 0. The summed E-state index contributed by atoms with van der Waals surface area (Å²) in [5.74, 6) is -6.85. The fourth-order valence-electron chi connectivity index (χ4n) is 4.90. The number of rotatable bonds is 22. The molecule has 0 bridgehead atoms. The molecule has 0 unspecified atom stereocenters. The molecule has 0 fully saturated rings. The molecule has 1 heterocycles. The molecule has 19 nitrogen and oxygen atoms in total. The van der Waals surface area contributed by atoms with Crippen LogP contribution in [0.15, 0.2) is 53.7 Å². The molecule has 2 rings (SSSR count). The summed E-state index contributed by atoms with van der Waals surface area (Å²) in [5.41, 5.74) is 17.0. The van der Waals surface area contributed by atoms with E-state index in [9.17, 15) is 43.7 Å². The zero-order valence-corrected chi connectivity index (χ0v) is 31.2. The molecule has 54 heavy (non-hydrogen) atoms. The van der Waals surface area contributed by atoms with Crippen molar-refractivity contribution in [2.24, 2.45) is 29.0 Å². The SMILES string of the molecule is CC(C)[C@H](NC(=O)[C@H](CCC(N)=O)NC(=O)[C@@H](N)Cc1ccccc1)C(=O)N[C@H](C(=O)N[C@@H](CSc1ncccc1[N+](=O)[O-])C(=O)NCC(N)=O)C(C)C. The summed E-state index contributed by atoms with van der Waals surface area (Å²) in [6.45, 7) is 5.95. The Balaban J connectivity index is 2.24. The minimum Gasteiger partial charge on any atom is -0.370 e. The summed E-state index contributed by atoms with van der Waals surface area (Å²) in [5, 5.41) is 24.0. The number of aromatic nitrogens is 1. The summed E-state index contributed by atoms with van der Waals surface area (Å²) >= 11 is 0.806. The van der Waals surface area contributed by atoms with Gasteiger partial charge in [-0.15, -0.1) is 0 Å². The van der Waals surface area contributed by atoms with Crippen molar-refractivity contribution < 1.29 is 38.5 Å². The highest BCUT2D eigenvalue weighted by molar-refractivity contribution is 7.99. The number of nitro groups is 1. The zero-order valence-electron chi connectivity index (χ0n) is 30.4. The minimum absolute atomic E-state index is 0.0304. The van der Waals surface area contributed by atoms with Crippen molar-refractivity contribution in [3.05, 3.63) is 64.3 Å². The molecule has 0 aliphatic heterocycles. The van der Waals surface area contributed by atoms with E-state index in [0.717, 1.165) is 17.3 Å². The van der Waals surface area contributed by atoms with Crippen LogP contribution in [0.1, 0.15) is 46.1 Å². The largest absolute Gasteiger partial charge is 0.370 e. The Morgan fingerprint density at radius 1 is 0.759 bits per heavy atom. The van der Waals surface area contributed by atoms with Crippen molar-refractivity contribution in [2.45, 2.75) is 82.2 Å². The molecule has 294 valence electrons. The van der Waals surface area contributed by atoms with Crippen LogP contribution >= 0.6 is 11.8 Å². The minimum atomic E-state index is -1.37. The van der Waals surface area contributed by atoms with Crippen LogP contribution in [0.5, 0.6) is 0 Å². The Morgan fingerprint density at radius 3 is 1.89 bits per heavy atom. The van der Waals surface area contributed by atoms with Crippen molar-refractivity contribution in [3.63, 3.8) is 0 Å². The first-order valence-corrected chi connectivity index (χ1v) is 18.0. The molecule has 11 N–H and O–H groups in total. The molecule has 0 saturated heterocycles. The molecule has 0 spiro atoms. The molecule has 0 aliphatic carbocycles. The summed E-state index contributed by atoms with van der Waals surface area (Å²) in [6.07, 6.45) is 1.04. The molecule has 0 aliphatic rings. The van der Waals surface area contributed by atoms with E-state index in [-0.39, 0.29) is 35.7 Å². The highest BCUT2D eigenvalue weighted by Crippen LogP contribution is 2.26. The summed E-state index contributed by atoms with van der Waals surface area (Å²) in [6, 6.07) is 5.33. The molecule has 0 radical (unpaired) electrons. The van der Waals surface area contributed by atoms with E-state index in [1.165, 1.54) is 18.3 Å². The van der Waals surface area contributed by atoms with Crippen LogP contribution in [-0.4, -0.2) is 93.8 Å². The number of amides is 7. The first-order valence-electron chi connectivity index (χ1n) is 17.0. The number of hydrogen-bond acceptors (Lipinski definition) is 12. The van der Waals surface area contributed by atoms with Gasteiger partial charge in [0.2, 0.25) is 41.4 Å². The van der Waals surface area contributed by atoms with Crippen LogP contribution in [0.2, 0.25) is 0 Å². The predicted octanol–water partition coefficient (Wildman–Crippen LogP) is -1.23. The number of carbonyl (C=O) groups is 7. The Morgan fingerprint density at radius 2 is 1.33 bits per heavy atom. The Hall–Kier alpha value is -5.63. The van der Waals surface area contributed by atoms with Gasteiger partial charge in [0.25, 0.3) is 0 Å². The number of primary amides is 2. The Kier molecular flexibility index (Phi) is 18.0. The zero-order chi connectivity index (χ0) is 40.5. The standard InChI is InChI=1S/C34H48N10O9S/c1-18(2)27(32(50)41-23(30(48)39-16-26(37)46)17-54-34-24(44(52)53)11-8-14-38-34)43-33(51)28(19(3)4)42-31(49)22(12-13-25(36)45)40-29(47)21(35)15-20-9-6-5-7-10-20/h5-11,14,18-19,21-23,27-28H,12-13,15-17,35H2,1-4H3,(H2,36,45)(H2,37,46)(H,39,48)(H,40,47)(H,41,50)(H,42,49)(H,43,51)/t21-,22-,23-,27-,28-/m0/s1. The van der Waals surface area contributed by atoms with Crippen molar-refractivity contribution in [1.29, 1.82) is 0 Å². The van der Waals surface area contributed by atoms with E-state index in [1.54, 1.807) is 52.0 Å². The van der Waals surface area contributed by atoms with Crippen LogP contribution in [-0.2, 0) is 40.0 Å². The van der Waals surface area contributed by atoms with Gasteiger partial charge in [-0.25, -0.2) is 4.98 Å². The van der Waals surface area contributed by atoms with Gasteiger partial charge in [-0.1, -0.05) is 69.8 Å². The molecule has 0 saturated carbocycles. The maximum Gasteiger partial charge on any atom is 0.301 e. The quantitative estimate of drug-likeness (QED) is 0.0396. The van der Waals surface area contributed by atoms with E-state index >= 15 is 0 Å². The molecule has 1 aromatic carbocycles. The summed E-state index contributed by atoms with van der Waals surface area (Å²) < 4.78 is 0. The second-order valence-electron chi connectivity index (χ2n) is 13.0. The van der Waals surface area contributed by atoms with E-state index in [2.05, 4.69) is 31.6 Å². The van der Waals surface area contributed by atoms with Crippen LogP contribution in [0.25, 0.3) is 0 Å². The fourth-order valence-corrected chi connectivity index (χ4v) is 5.88. The van der Waals surface area contributed by atoms with Gasteiger partial charge in [0.05, 0.1) is 17.5 Å². The molecule has 1 aromatic heterocycles. The number of nitrogens with two attached hydrogens (primary N) is 3. The third-order valence-electron chi connectivity index (χ3n) is 7.85. The van der Waals surface area contributed by atoms with Crippen molar-refractivity contribution in [2.75, 3.05) is 12.3 Å². The predicted molar refractivity (Wildman–Crippen MR) is 198 cm³/mol. The maximum atomic E-state index is 13.7. The lowest BCUT2D eigenvalue weighted by Crippen LogP contribution is -2.61. The highest BCUT2D eigenvalue weighted by Gasteiger charge is 2.34. The van der Waals surface area contributed by atoms with Crippen LogP contribution in [0.3, 0.4) is 0 Å². The first-order chi connectivity index (χ1) is 25.4. The number of benzene rings is 1. The normalized spacial score (nSPS) is 13.8. The lowest BCUT2D eigenvalue weighted by Gasteiger charge is -2.29. The smallest absolute Gasteiger partial charge is 0.301 e. The van der Waals surface area contributed by atoms with E-state index < -0.39 is 94.9 Å². The van der Waals surface area contributed by atoms with E-state index in [4.69, 9.17) is 17.2 Å². The molecule has 2 aromatic rings. The average Bonchev–Trinajstić information content (AvgIpc) is 3.11. The number of carbonyl (C=O) groups excluding carboxylic acids is 7. The molecule has 7 amide bonds. The number of pyridine rings is 1. The van der Waals surface area contributed by atoms with Gasteiger partial charge in [-0.05, 0) is 36.3 Å². The van der Waals surface area contributed by atoms with Gasteiger partial charge in [0.15, 0.2) is 5.03 Å². The van der Waals surface area contributed by atoms with Crippen molar-refractivity contribution >= 4 is 58.8 Å². The number of nitrogens with zero attached hydrogens (tertiary/aromatic N) is 2. The topological polar surface area (TPSA) is 314 Å². The molecular formula is C34H48N10O9S. The second-order valence-corrected chi connectivity index (χ2v) is 14.0. The number of hydrogen-bond donors (Lipinski definition) is 8. The third kappa shape index (κ3) is 14.8. The van der Waals surface area contributed by atoms with Crippen molar-refractivity contribution in [3.8, 4) is 0 Å². The summed E-state index contributed by atoms with van der Waals surface area (Å²) in [4.78, 5) is 105. The Bertz CT molecular complexity index is 1660. The third-order valence-corrected chi connectivity index (χ3v) is 8.93. The lowest BCUT2D eigenvalue weighted by molar-refractivity contribution is -0.388. The van der Waals surface area contributed by atoms with E-state index in [1.807, 2.05) is 6.07 Å². The van der Waals surface area contributed by atoms with Gasteiger partial charge >= 0.3 is 5.69 Å². The fraction of sp³-hybridized carbons (Fsp3) is 0.471. The van der Waals surface area contributed by atoms with Gasteiger partial charge in [-0.2, -0.15) is 0 Å².